The van der Waals surface area contributed by atoms with E-state index in [2.05, 4.69) is 77.9 Å². The third-order valence-corrected chi connectivity index (χ3v) is 12.5. The number of rotatable bonds is 9. The molecule has 1 aliphatic rings. The average Bonchev–Trinajstić information content (AvgIpc) is 3.09. The van der Waals surface area contributed by atoms with Crippen LogP contribution in [0.25, 0.3) is 0 Å². The van der Waals surface area contributed by atoms with Crippen LogP contribution in [0.3, 0.4) is 0 Å². The average molecular weight is 384 g/mol. The molecule has 0 heterocycles. The van der Waals surface area contributed by atoms with Gasteiger partial charge in [-0.1, -0.05) is 77.4 Å². The molecule has 0 amide bonds. The van der Waals surface area contributed by atoms with E-state index in [0.717, 1.165) is 37.9 Å². The van der Waals surface area contributed by atoms with E-state index in [1.54, 1.807) is 0 Å². The summed E-state index contributed by atoms with van der Waals surface area (Å²) in [6.07, 6.45) is 4.09. The number of hydrogen-bond donors (Lipinski definition) is 0. The molecule has 148 valence electrons. The van der Waals surface area contributed by atoms with E-state index in [0.29, 0.717) is 22.5 Å². The fraction of sp³-hybridized carbons (Fsp3) is 0.625. The van der Waals surface area contributed by atoms with E-state index in [1.807, 2.05) is 0 Å². The molecule has 0 N–H and O–H groups in total. The SMILES string of the molecule is CC(C)[Si](OC[C@H](Cc1ccccc1)C1=C(C#N)CCC1)(C(C)C)C(C)C. The predicted octanol–water partition coefficient (Wildman–Crippen LogP) is 7.04. The lowest BCUT2D eigenvalue weighted by molar-refractivity contribution is 0.235. The molecule has 27 heavy (non-hydrogen) atoms. The summed E-state index contributed by atoms with van der Waals surface area (Å²) in [5, 5.41) is 9.60. The molecule has 0 bridgehead atoms. The molecule has 0 saturated carbocycles. The molecule has 0 aliphatic heterocycles. The van der Waals surface area contributed by atoms with E-state index >= 15 is 0 Å². The normalized spacial score (nSPS) is 16.4. The molecule has 2 nitrogen and oxygen atoms in total. The van der Waals surface area contributed by atoms with Gasteiger partial charge in [-0.3, -0.25) is 0 Å². The minimum absolute atomic E-state index is 0.327. The molecular formula is C24H37NOSi. The fourth-order valence-electron chi connectivity index (χ4n) is 5.27. The van der Waals surface area contributed by atoms with Gasteiger partial charge in [-0.15, -0.1) is 0 Å². The zero-order valence-electron chi connectivity index (χ0n) is 18.1. The zero-order chi connectivity index (χ0) is 20.0. The van der Waals surface area contributed by atoms with Crippen molar-refractivity contribution in [1.29, 1.82) is 5.26 Å². The predicted molar refractivity (Wildman–Crippen MR) is 117 cm³/mol. The van der Waals surface area contributed by atoms with Crippen LogP contribution in [-0.2, 0) is 10.8 Å². The van der Waals surface area contributed by atoms with Crippen LogP contribution >= 0.6 is 0 Å². The van der Waals surface area contributed by atoms with E-state index < -0.39 is 8.32 Å². The highest BCUT2D eigenvalue weighted by Crippen LogP contribution is 2.43. The number of nitriles is 1. The molecule has 1 aliphatic carbocycles. The Bertz CT molecular complexity index is 648. The van der Waals surface area contributed by atoms with Crippen LogP contribution in [0.2, 0.25) is 16.6 Å². The van der Waals surface area contributed by atoms with Gasteiger partial charge >= 0.3 is 0 Å². The Morgan fingerprint density at radius 2 is 1.56 bits per heavy atom. The Balaban J connectivity index is 2.30. The molecule has 2 rings (SSSR count). The maximum Gasteiger partial charge on any atom is 0.200 e. The summed E-state index contributed by atoms with van der Waals surface area (Å²) < 4.78 is 6.95. The topological polar surface area (TPSA) is 33.0 Å². The Labute approximate surface area is 167 Å². The van der Waals surface area contributed by atoms with Crippen molar-refractivity contribution in [1.82, 2.24) is 0 Å². The van der Waals surface area contributed by atoms with Gasteiger partial charge < -0.3 is 4.43 Å². The van der Waals surface area contributed by atoms with Crippen LogP contribution in [0, 0.1) is 17.2 Å². The highest BCUT2D eigenvalue weighted by molar-refractivity contribution is 6.77. The summed E-state index contributed by atoms with van der Waals surface area (Å²) in [4.78, 5) is 0. The lowest BCUT2D eigenvalue weighted by Crippen LogP contribution is -2.48. The monoisotopic (exact) mass is 383 g/mol. The summed E-state index contributed by atoms with van der Waals surface area (Å²) in [6.45, 7) is 14.8. The Kier molecular flexibility index (Phi) is 7.88. The van der Waals surface area contributed by atoms with Gasteiger partial charge in [-0.2, -0.15) is 5.26 Å². The molecule has 3 heteroatoms. The van der Waals surface area contributed by atoms with Crippen molar-refractivity contribution < 1.29 is 4.43 Å². The molecule has 1 atom stereocenters. The summed E-state index contributed by atoms with van der Waals surface area (Å²) in [6, 6.07) is 13.2. The van der Waals surface area contributed by atoms with E-state index in [4.69, 9.17) is 4.43 Å². The molecule has 1 aromatic carbocycles. The molecule has 1 aromatic rings. The van der Waals surface area contributed by atoms with Crippen LogP contribution in [0.4, 0.5) is 0 Å². The van der Waals surface area contributed by atoms with Crippen molar-refractivity contribution in [2.75, 3.05) is 6.61 Å². The van der Waals surface area contributed by atoms with Gasteiger partial charge in [0, 0.05) is 18.1 Å². The summed E-state index contributed by atoms with van der Waals surface area (Å²) in [5.74, 6) is 0.327. The second-order valence-electron chi connectivity index (χ2n) is 8.98. The molecule has 0 aromatic heterocycles. The number of hydrogen-bond acceptors (Lipinski definition) is 2. The second kappa shape index (κ2) is 9.71. The number of nitrogens with zero attached hydrogens (tertiary/aromatic N) is 1. The van der Waals surface area contributed by atoms with E-state index in [9.17, 15) is 5.26 Å². The van der Waals surface area contributed by atoms with Crippen molar-refractivity contribution in [3.05, 3.63) is 47.0 Å². The highest BCUT2D eigenvalue weighted by atomic mass is 28.4. The summed E-state index contributed by atoms with van der Waals surface area (Å²) >= 11 is 0. The first-order valence-corrected chi connectivity index (χ1v) is 12.8. The largest absolute Gasteiger partial charge is 0.415 e. The van der Waals surface area contributed by atoms with Crippen molar-refractivity contribution in [3.8, 4) is 6.07 Å². The maximum atomic E-state index is 9.60. The van der Waals surface area contributed by atoms with Gasteiger partial charge in [0.25, 0.3) is 0 Å². The Hall–Kier alpha value is -1.37. The van der Waals surface area contributed by atoms with Crippen LogP contribution in [0.1, 0.15) is 66.4 Å². The molecule has 0 unspecified atom stereocenters. The van der Waals surface area contributed by atoms with Crippen molar-refractivity contribution in [2.45, 2.75) is 83.8 Å². The van der Waals surface area contributed by atoms with Gasteiger partial charge in [0.05, 0.1) is 6.07 Å². The van der Waals surface area contributed by atoms with Crippen LogP contribution in [-0.4, -0.2) is 14.9 Å². The van der Waals surface area contributed by atoms with Crippen LogP contribution < -0.4 is 0 Å². The minimum atomic E-state index is -1.90. The fourth-order valence-corrected chi connectivity index (χ4v) is 10.8. The third kappa shape index (κ3) is 4.92. The van der Waals surface area contributed by atoms with Gasteiger partial charge in [0.2, 0.25) is 0 Å². The standard InChI is InChI=1S/C24H37NOSi/c1-18(2)27(19(3)4,20(5)6)26-17-23(15-21-11-8-7-9-12-21)24-14-10-13-22(24)16-25/h7-9,11-12,18-20,23H,10,13-15,17H2,1-6H3/t23-/m0/s1. The van der Waals surface area contributed by atoms with Gasteiger partial charge in [-0.05, 0) is 47.9 Å². The van der Waals surface area contributed by atoms with Gasteiger partial charge in [0.1, 0.15) is 0 Å². The first-order valence-electron chi connectivity index (χ1n) is 10.6. The number of benzene rings is 1. The van der Waals surface area contributed by atoms with E-state index in [1.165, 1.54) is 11.1 Å². The second-order valence-corrected chi connectivity index (χ2v) is 14.4. The maximum absolute atomic E-state index is 9.60. The number of allylic oxidation sites excluding steroid dienone is 1. The Morgan fingerprint density at radius 3 is 2.07 bits per heavy atom. The molecule has 0 radical (unpaired) electrons. The Morgan fingerprint density at radius 1 is 0.963 bits per heavy atom. The van der Waals surface area contributed by atoms with Crippen molar-refractivity contribution in [3.63, 3.8) is 0 Å². The van der Waals surface area contributed by atoms with Crippen molar-refractivity contribution >= 4 is 8.32 Å². The first kappa shape index (κ1) is 21.9. The molecule has 0 saturated heterocycles. The molecule has 0 spiro atoms. The van der Waals surface area contributed by atoms with Gasteiger partial charge in [0.15, 0.2) is 8.32 Å². The van der Waals surface area contributed by atoms with Crippen LogP contribution in [0.5, 0.6) is 0 Å². The molecular weight excluding hydrogens is 346 g/mol. The summed E-state index contributed by atoms with van der Waals surface area (Å²) in [5.41, 5.74) is 5.48. The van der Waals surface area contributed by atoms with E-state index in [-0.39, 0.29) is 0 Å². The molecule has 0 fully saturated rings. The lowest BCUT2D eigenvalue weighted by Gasteiger charge is -2.43. The lowest BCUT2D eigenvalue weighted by atomic mass is 9.90. The quantitative estimate of drug-likeness (QED) is 0.428. The highest BCUT2D eigenvalue weighted by Gasteiger charge is 2.45. The first-order chi connectivity index (χ1) is 12.8. The zero-order valence-corrected chi connectivity index (χ0v) is 19.1. The van der Waals surface area contributed by atoms with Gasteiger partial charge in [-0.25, -0.2) is 0 Å². The van der Waals surface area contributed by atoms with Crippen molar-refractivity contribution in [2.24, 2.45) is 5.92 Å². The smallest absolute Gasteiger partial charge is 0.200 e. The summed E-state index contributed by atoms with van der Waals surface area (Å²) in [7, 11) is -1.90. The van der Waals surface area contributed by atoms with Crippen LogP contribution in [0.15, 0.2) is 41.5 Å². The minimum Gasteiger partial charge on any atom is -0.415 e. The third-order valence-electron chi connectivity index (χ3n) is 6.45.